The maximum absolute atomic E-state index is 10.4. The topological polar surface area (TPSA) is 37.3 Å². The molecular formula is C13H23IO2. The zero-order chi connectivity index (χ0) is 12.2. The van der Waals surface area contributed by atoms with Crippen molar-refractivity contribution in [3.8, 4) is 0 Å². The van der Waals surface area contributed by atoms with E-state index in [2.05, 4.69) is 29.5 Å². The Balaban J connectivity index is 3.24. The van der Waals surface area contributed by atoms with Gasteiger partial charge in [-0.05, 0) is 39.0 Å². The third kappa shape index (κ3) is 12.0. The van der Waals surface area contributed by atoms with Gasteiger partial charge in [0.15, 0.2) is 0 Å². The van der Waals surface area contributed by atoms with Crippen molar-refractivity contribution >= 4 is 28.6 Å². The van der Waals surface area contributed by atoms with Crippen molar-refractivity contribution in [1.82, 2.24) is 0 Å². The molecule has 0 spiro atoms. The number of carboxylic acid groups (broad SMARTS) is 1. The summed E-state index contributed by atoms with van der Waals surface area (Å²) in [4.78, 5) is 10.4. The molecule has 0 amide bonds. The van der Waals surface area contributed by atoms with Crippen molar-refractivity contribution < 1.29 is 9.90 Å². The molecule has 0 fully saturated rings. The maximum Gasteiger partial charge on any atom is 0.329 e. The van der Waals surface area contributed by atoms with Crippen molar-refractivity contribution in [2.24, 2.45) is 0 Å². The molecule has 0 aliphatic rings. The number of hydrogen-bond acceptors (Lipinski definition) is 1. The minimum absolute atomic E-state index is 0.830. The number of carbonyl (C=O) groups is 1. The van der Waals surface area contributed by atoms with Gasteiger partial charge in [0.05, 0.1) is 0 Å². The van der Waals surface area contributed by atoms with Crippen LogP contribution in [0.4, 0.5) is 0 Å². The lowest BCUT2D eigenvalue weighted by Crippen LogP contribution is -1.88. The molecule has 0 saturated heterocycles. The SMILES string of the molecule is CCCCCCCCCC/C(I)=C/C(=O)O. The summed E-state index contributed by atoms with van der Waals surface area (Å²) in [5.74, 6) is -0.830. The van der Waals surface area contributed by atoms with Crippen molar-refractivity contribution in [3.63, 3.8) is 0 Å². The number of rotatable bonds is 10. The summed E-state index contributed by atoms with van der Waals surface area (Å²) in [6.07, 6.45) is 12.6. The highest BCUT2D eigenvalue weighted by Gasteiger charge is 1.97. The molecule has 0 bridgehead atoms. The molecule has 0 aromatic carbocycles. The Bertz CT molecular complexity index is 212. The van der Waals surface area contributed by atoms with Crippen molar-refractivity contribution in [2.75, 3.05) is 0 Å². The van der Waals surface area contributed by atoms with Crippen LogP contribution in [-0.4, -0.2) is 11.1 Å². The molecule has 94 valence electrons. The quantitative estimate of drug-likeness (QED) is 0.349. The van der Waals surface area contributed by atoms with Crippen molar-refractivity contribution in [1.29, 1.82) is 0 Å². The first-order valence-corrected chi connectivity index (χ1v) is 7.33. The van der Waals surface area contributed by atoms with Crippen LogP contribution in [-0.2, 0) is 4.79 Å². The van der Waals surface area contributed by atoms with E-state index < -0.39 is 5.97 Å². The molecule has 0 aromatic heterocycles. The van der Waals surface area contributed by atoms with Crippen LogP contribution < -0.4 is 0 Å². The second kappa shape index (κ2) is 11.4. The highest BCUT2D eigenvalue weighted by Crippen LogP contribution is 2.17. The van der Waals surface area contributed by atoms with Gasteiger partial charge in [-0.3, -0.25) is 0 Å². The van der Waals surface area contributed by atoms with Crippen LogP contribution in [0.3, 0.4) is 0 Å². The average Bonchev–Trinajstić information content (AvgIpc) is 2.21. The molecule has 0 rings (SSSR count). The monoisotopic (exact) mass is 338 g/mol. The molecule has 2 nitrogen and oxygen atoms in total. The summed E-state index contributed by atoms with van der Waals surface area (Å²) in [7, 11) is 0. The lowest BCUT2D eigenvalue weighted by molar-refractivity contribution is -0.131. The number of allylic oxidation sites excluding steroid dienone is 1. The summed E-state index contributed by atoms with van der Waals surface area (Å²) in [5.41, 5.74) is 0. The maximum atomic E-state index is 10.4. The Kier molecular flexibility index (Phi) is 11.4. The first-order valence-electron chi connectivity index (χ1n) is 6.25. The van der Waals surface area contributed by atoms with E-state index in [9.17, 15) is 4.79 Å². The van der Waals surface area contributed by atoms with E-state index in [4.69, 9.17) is 5.11 Å². The fourth-order valence-corrected chi connectivity index (χ4v) is 2.28. The molecule has 0 aliphatic carbocycles. The number of aliphatic carboxylic acids is 1. The van der Waals surface area contributed by atoms with Crippen LogP contribution in [0.2, 0.25) is 0 Å². The standard InChI is InChI=1S/C13H23IO2/c1-2-3-4-5-6-7-8-9-10-12(14)11-13(15)16/h11H,2-10H2,1H3,(H,15,16)/b12-11-. The van der Waals surface area contributed by atoms with E-state index in [1.54, 1.807) is 0 Å². The molecule has 0 aromatic rings. The fraction of sp³-hybridized carbons (Fsp3) is 0.769. The van der Waals surface area contributed by atoms with Crippen LogP contribution in [0, 0.1) is 0 Å². The highest BCUT2D eigenvalue weighted by atomic mass is 127. The van der Waals surface area contributed by atoms with Gasteiger partial charge in [-0.15, -0.1) is 0 Å². The van der Waals surface area contributed by atoms with Gasteiger partial charge in [0, 0.05) is 6.08 Å². The lowest BCUT2D eigenvalue weighted by Gasteiger charge is -2.01. The van der Waals surface area contributed by atoms with Crippen LogP contribution in [0.15, 0.2) is 9.66 Å². The smallest absolute Gasteiger partial charge is 0.329 e. The van der Waals surface area contributed by atoms with Gasteiger partial charge >= 0.3 is 5.97 Å². The fourth-order valence-electron chi connectivity index (χ4n) is 1.63. The van der Waals surface area contributed by atoms with Crippen molar-refractivity contribution in [3.05, 3.63) is 9.66 Å². The summed E-state index contributed by atoms with van der Waals surface area (Å²) in [6, 6.07) is 0. The Morgan fingerprint density at radius 2 is 1.56 bits per heavy atom. The number of unbranched alkanes of at least 4 members (excludes halogenated alkanes) is 7. The first kappa shape index (κ1) is 15.9. The third-order valence-corrected chi connectivity index (χ3v) is 3.40. The minimum Gasteiger partial charge on any atom is -0.478 e. The predicted octanol–water partition coefficient (Wildman–Crippen LogP) is 4.92. The lowest BCUT2D eigenvalue weighted by atomic mass is 10.1. The molecule has 0 saturated carbocycles. The normalized spacial score (nSPS) is 11.8. The van der Waals surface area contributed by atoms with Gasteiger partial charge in [0.25, 0.3) is 0 Å². The predicted molar refractivity (Wildman–Crippen MR) is 77.0 cm³/mol. The summed E-state index contributed by atoms with van der Waals surface area (Å²) < 4.78 is 0.955. The van der Waals surface area contributed by atoms with Crippen LogP contribution in [0.1, 0.15) is 64.7 Å². The second-order valence-electron chi connectivity index (χ2n) is 4.15. The first-order chi connectivity index (χ1) is 7.66. The zero-order valence-electron chi connectivity index (χ0n) is 10.2. The molecule has 0 atom stereocenters. The number of carboxylic acids is 1. The molecule has 0 heterocycles. The van der Waals surface area contributed by atoms with E-state index >= 15 is 0 Å². The van der Waals surface area contributed by atoms with Gasteiger partial charge in [0.1, 0.15) is 0 Å². The summed E-state index contributed by atoms with van der Waals surface area (Å²) in [6.45, 7) is 2.23. The molecule has 16 heavy (non-hydrogen) atoms. The van der Waals surface area contributed by atoms with Gasteiger partial charge in [-0.2, -0.15) is 0 Å². The molecule has 1 N–H and O–H groups in total. The Morgan fingerprint density at radius 3 is 2.06 bits per heavy atom. The van der Waals surface area contributed by atoms with Gasteiger partial charge in [-0.25, -0.2) is 4.79 Å². The van der Waals surface area contributed by atoms with E-state index in [-0.39, 0.29) is 0 Å². The van der Waals surface area contributed by atoms with E-state index in [1.165, 1.54) is 51.0 Å². The van der Waals surface area contributed by atoms with Gasteiger partial charge in [0.2, 0.25) is 0 Å². The summed E-state index contributed by atoms with van der Waals surface area (Å²) >= 11 is 2.12. The Hall–Kier alpha value is -0.0600. The molecule has 0 aliphatic heterocycles. The Labute approximate surface area is 113 Å². The highest BCUT2D eigenvalue weighted by molar-refractivity contribution is 14.1. The van der Waals surface area contributed by atoms with E-state index in [0.717, 1.165) is 16.4 Å². The van der Waals surface area contributed by atoms with Crippen molar-refractivity contribution in [2.45, 2.75) is 64.7 Å². The third-order valence-electron chi connectivity index (χ3n) is 2.55. The molecule has 0 unspecified atom stereocenters. The second-order valence-corrected chi connectivity index (χ2v) is 5.54. The average molecular weight is 338 g/mol. The zero-order valence-corrected chi connectivity index (χ0v) is 12.3. The molecule has 3 heteroatoms. The van der Waals surface area contributed by atoms with E-state index in [1.807, 2.05) is 0 Å². The number of halogens is 1. The number of hydrogen-bond donors (Lipinski definition) is 1. The van der Waals surface area contributed by atoms with E-state index in [0.29, 0.717) is 0 Å². The largest absolute Gasteiger partial charge is 0.478 e. The molecule has 0 radical (unpaired) electrons. The van der Waals surface area contributed by atoms with Gasteiger partial charge < -0.3 is 5.11 Å². The Morgan fingerprint density at radius 1 is 1.06 bits per heavy atom. The van der Waals surface area contributed by atoms with Gasteiger partial charge in [-0.1, -0.05) is 51.9 Å². The molecular weight excluding hydrogens is 315 g/mol. The minimum atomic E-state index is -0.830. The van der Waals surface area contributed by atoms with Crippen LogP contribution >= 0.6 is 22.6 Å². The van der Waals surface area contributed by atoms with Crippen LogP contribution in [0.5, 0.6) is 0 Å². The van der Waals surface area contributed by atoms with Crippen LogP contribution in [0.25, 0.3) is 0 Å². The summed E-state index contributed by atoms with van der Waals surface area (Å²) in [5, 5.41) is 8.53.